The summed E-state index contributed by atoms with van der Waals surface area (Å²) in [7, 11) is 0. The van der Waals surface area contributed by atoms with E-state index in [2.05, 4.69) is 50.8 Å². The number of aromatic amines is 1. The number of hydrogen-bond acceptors (Lipinski definition) is 5. The average Bonchev–Trinajstić information content (AvgIpc) is 3.43. The summed E-state index contributed by atoms with van der Waals surface area (Å²) in [5.74, 6) is -0.174. The summed E-state index contributed by atoms with van der Waals surface area (Å²) in [6.07, 6.45) is 4.77. The molecule has 0 bridgehead atoms. The van der Waals surface area contributed by atoms with Gasteiger partial charge in [-0.3, -0.25) is 14.5 Å². The van der Waals surface area contributed by atoms with Crippen LogP contribution in [0.1, 0.15) is 64.0 Å². The van der Waals surface area contributed by atoms with Gasteiger partial charge in [0.25, 0.3) is 11.5 Å². The predicted octanol–water partition coefficient (Wildman–Crippen LogP) is 5.08. The van der Waals surface area contributed by atoms with Crippen molar-refractivity contribution in [2.45, 2.75) is 65.6 Å². The molecular weight excluding hydrogens is 488 g/mol. The van der Waals surface area contributed by atoms with Gasteiger partial charge in [-0.2, -0.15) is 0 Å². The number of carbonyl (C=O) groups is 1. The third kappa shape index (κ3) is 6.60. The first-order chi connectivity index (χ1) is 18.9. The van der Waals surface area contributed by atoms with Crippen LogP contribution in [-0.2, 0) is 17.8 Å². The van der Waals surface area contributed by atoms with Crippen LogP contribution in [0.15, 0.2) is 47.3 Å². The van der Waals surface area contributed by atoms with Crippen molar-refractivity contribution >= 4 is 11.6 Å². The Balaban J connectivity index is 1.40. The highest BCUT2D eigenvalue weighted by molar-refractivity contribution is 5.98. The van der Waals surface area contributed by atoms with E-state index in [1.807, 2.05) is 32.9 Å². The van der Waals surface area contributed by atoms with Gasteiger partial charge in [-0.15, -0.1) is 0 Å². The summed E-state index contributed by atoms with van der Waals surface area (Å²) < 4.78 is 5.47. The molecule has 7 nitrogen and oxygen atoms in total. The fraction of sp³-hybridized carbons (Fsp3) is 0.438. The van der Waals surface area contributed by atoms with Gasteiger partial charge in [0.05, 0.1) is 13.2 Å². The van der Waals surface area contributed by atoms with E-state index in [1.54, 1.807) is 0 Å². The Hall–Kier alpha value is -3.42. The molecule has 1 aliphatic carbocycles. The first-order valence-electron chi connectivity index (χ1n) is 14.2. The Morgan fingerprint density at radius 3 is 2.41 bits per heavy atom. The number of nitrogens with zero attached hydrogens (tertiary/aromatic N) is 1. The Bertz CT molecular complexity index is 1370. The minimum absolute atomic E-state index is 0.154. The van der Waals surface area contributed by atoms with Crippen LogP contribution in [0, 0.1) is 20.8 Å². The van der Waals surface area contributed by atoms with E-state index in [-0.39, 0.29) is 18.0 Å². The van der Waals surface area contributed by atoms with E-state index in [4.69, 9.17) is 4.74 Å². The van der Waals surface area contributed by atoms with Gasteiger partial charge >= 0.3 is 0 Å². The molecule has 1 aromatic heterocycles. The Morgan fingerprint density at radius 1 is 1.00 bits per heavy atom. The van der Waals surface area contributed by atoms with Crippen LogP contribution in [0.3, 0.4) is 0 Å². The van der Waals surface area contributed by atoms with Gasteiger partial charge in [0.1, 0.15) is 0 Å². The number of morpholine rings is 1. The molecule has 1 aliphatic heterocycles. The number of hydrogen-bond donors (Lipinski definition) is 3. The lowest BCUT2D eigenvalue weighted by Crippen LogP contribution is -2.35. The minimum Gasteiger partial charge on any atom is -0.382 e. The normalized spacial score (nSPS) is 16.4. The number of aryl methyl sites for hydroxylation is 2. The molecule has 5 rings (SSSR count). The highest BCUT2D eigenvalue weighted by atomic mass is 16.5. The van der Waals surface area contributed by atoms with E-state index in [1.165, 1.54) is 18.4 Å². The molecule has 1 saturated heterocycles. The number of pyridine rings is 1. The maximum absolute atomic E-state index is 13.5. The molecule has 3 N–H and O–H groups in total. The molecule has 206 valence electrons. The van der Waals surface area contributed by atoms with Gasteiger partial charge in [-0.25, -0.2) is 0 Å². The molecule has 0 unspecified atom stereocenters. The molecule has 39 heavy (non-hydrogen) atoms. The highest BCUT2D eigenvalue weighted by Crippen LogP contribution is 2.32. The van der Waals surface area contributed by atoms with E-state index < -0.39 is 0 Å². The molecule has 2 heterocycles. The van der Waals surface area contributed by atoms with Crippen LogP contribution in [-0.4, -0.2) is 48.1 Å². The zero-order chi connectivity index (χ0) is 27.4. The Morgan fingerprint density at radius 2 is 1.72 bits per heavy atom. The van der Waals surface area contributed by atoms with Gasteiger partial charge in [0, 0.05) is 54.7 Å². The number of aromatic nitrogens is 1. The summed E-state index contributed by atoms with van der Waals surface area (Å²) in [6.45, 7) is 10.4. The van der Waals surface area contributed by atoms with Crippen molar-refractivity contribution in [3.05, 3.63) is 86.3 Å². The van der Waals surface area contributed by atoms with Gasteiger partial charge in [0.2, 0.25) is 0 Å². The molecule has 2 fully saturated rings. The van der Waals surface area contributed by atoms with Crippen molar-refractivity contribution in [3.8, 4) is 11.1 Å². The largest absolute Gasteiger partial charge is 0.382 e. The Kier molecular flexibility index (Phi) is 8.48. The smallest absolute Gasteiger partial charge is 0.253 e. The fourth-order valence-corrected chi connectivity index (χ4v) is 5.74. The summed E-state index contributed by atoms with van der Waals surface area (Å²) >= 11 is 0. The number of rotatable bonds is 8. The Labute approximate surface area is 231 Å². The zero-order valence-electron chi connectivity index (χ0n) is 23.4. The lowest BCUT2D eigenvalue weighted by molar-refractivity contribution is 0.0342. The molecule has 1 saturated carbocycles. The molecule has 2 aliphatic rings. The molecule has 0 radical (unpaired) electrons. The van der Waals surface area contributed by atoms with Crippen LogP contribution >= 0.6 is 0 Å². The average molecular weight is 529 g/mol. The topological polar surface area (TPSA) is 86.5 Å². The predicted molar refractivity (Wildman–Crippen MR) is 156 cm³/mol. The quantitative estimate of drug-likeness (QED) is 0.380. The summed E-state index contributed by atoms with van der Waals surface area (Å²) in [6, 6.07) is 15.2. The zero-order valence-corrected chi connectivity index (χ0v) is 23.4. The van der Waals surface area contributed by atoms with Crippen LogP contribution in [0.4, 0.5) is 5.69 Å². The van der Waals surface area contributed by atoms with E-state index in [0.29, 0.717) is 17.2 Å². The molecular formula is C32H40N4O3. The van der Waals surface area contributed by atoms with Crippen LogP contribution in [0.25, 0.3) is 11.1 Å². The van der Waals surface area contributed by atoms with Crippen molar-refractivity contribution in [2.75, 3.05) is 31.6 Å². The molecule has 7 heteroatoms. The summed E-state index contributed by atoms with van der Waals surface area (Å²) in [5.41, 5.74) is 8.05. The van der Waals surface area contributed by atoms with Crippen molar-refractivity contribution < 1.29 is 9.53 Å². The number of anilines is 1. The third-order valence-corrected chi connectivity index (χ3v) is 8.08. The van der Waals surface area contributed by atoms with Crippen LogP contribution in [0.5, 0.6) is 0 Å². The number of amides is 1. The SMILES string of the molecule is Cc1cc(C)c(CNC(=O)c2cc(-c3ccc(CN4CCOCC4)cc3)cc(NC3CCCC3)c2C)c(=O)[nH]1. The van der Waals surface area contributed by atoms with Gasteiger partial charge in [-0.05, 0) is 79.6 Å². The second-order valence-electron chi connectivity index (χ2n) is 11.0. The summed E-state index contributed by atoms with van der Waals surface area (Å²) in [5, 5.41) is 6.73. The number of ether oxygens (including phenoxy) is 1. The van der Waals surface area contributed by atoms with Gasteiger partial charge < -0.3 is 20.4 Å². The van der Waals surface area contributed by atoms with Crippen molar-refractivity contribution in [2.24, 2.45) is 0 Å². The lowest BCUT2D eigenvalue weighted by Gasteiger charge is -2.26. The maximum Gasteiger partial charge on any atom is 0.253 e. The standard InChI is InChI=1S/C32H40N4O3/c1-21-16-22(2)34-32(38)29(21)19-33-31(37)28-17-26(18-30(23(28)3)35-27-6-4-5-7-27)25-10-8-24(9-11-25)20-36-12-14-39-15-13-36/h8-11,16-18,27,35H,4-7,12-15,19-20H2,1-3H3,(H,33,37)(H,34,38). The van der Waals surface area contributed by atoms with Crippen molar-refractivity contribution in [1.29, 1.82) is 0 Å². The monoisotopic (exact) mass is 528 g/mol. The molecule has 0 atom stereocenters. The second kappa shape index (κ2) is 12.2. The number of benzene rings is 2. The molecule has 0 spiro atoms. The highest BCUT2D eigenvalue weighted by Gasteiger charge is 2.20. The van der Waals surface area contributed by atoms with E-state index in [9.17, 15) is 9.59 Å². The van der Waals surface area contributed by atoms with Gasteiger partial charge in [0.15, 0.2) is 0 Å². The first kappa shape index (κ1) is 27.2. The van der Waals surface area contributed by atoms with Gasteiger partial charge in [-0.1, -0.05) is 37.1 Å². The number of H-pyrrole nitrogens is 1. The molecule has 3 aromatic rings. The van der Waals surface area contributed by atoms with E-state index in [0.717, 1.165) is 79.3 Å². The number of carbonyl (C=O) groups excluding carboxylic acids is 1. The summed E-state index contributed by atoms with van der Waals surface area (Å²) in [4.78, 5) is 31.3. The maximum atomic E-state index is 13.5. The van der Waals surface area contributed by atoms with Crippen molar-refractivity contribution in [3.63, 3.8) is 0 Å². The minimum atomic E-state index is -0.174. The lowest BCUT2D eigenvalue weighted by atomic mass is 9.96. The second-order valence-corrected chi connectivity index (χ2v) is 11.0. The van der Waals surface area contributed by atoms with Crippen molar-refractivity contribution in [1.82, 2.24) is 15.2 Å². The molecule has 2 aromatic carbocycles. The van der Waals surface area contributed by atoms with E-state index >= 15 is 0 Å². The molecule has 1 amide bonds. The first-order valence-corrected chi connectivity index (χ1v) is 14.2. The third-order valence-electron chi connectivity index (χ3n) is 8.08. The fourth-order valence-electron chi connectivity index (χ4n) is 5.74. The van der Waals surface area contributed by atoms with Crippen LogP contribution < -0.4 is 16.2 Å². The van der Waals surface area contributed by atoms with Crippen LogP contribution in [0.2, 0.25) is 0 Å². The number of nitrogens with one attached hydrogen (secondary N) is 3.